The fraction of sp³-hybridized carbons (Fsp3) is 0.174. The zero-order valence-corrected chi connectivity index (χ0v) is 17.8. The van der Waals surface area contributed by atoms with E-state index in [1.54, 1.807) is 32.0 Å². The molecule has 3 rings (SSSR count). The number of rotatable bonds is 7. The van der Waals surface area contributed by atoms with E-state index in [0.29, 0.717) is 5.56 Å². The normalized spacial score (nSPS) is 11.4. The second-order valence-corrected chi connectivity index (χ2v) is 8.69. The van der Waals surface area contributed by atoms with Crippen molar-refractivity contribution in [2.24, 2.45) is 0 Å². The molecule has 0 saturated heterocycles. The summed E-state index contributed by atoms with van der Waals surface area (Å²) in [6.07, 6.45) is 0. The summed E-state index contributed by atoms with van der Waals surface area (Å²) in [6.45, 7) is 3.73. The number of benzene rings is 3. The Kier molecular flexibility index (Phi) is 6.70. The summed E-state index contributed by atoms with van der Waals surface area (Å²) in [5.74, 6) is -1.60. The van der Waals surface area contributed by atoms with Crippen molar-refractivity contribution < 1.29 is 26.2 Å². The molecule has 0 fully saturated rings. The molecule has 0 atom stereocenters. The van der Waals surface area contributed by atoms with Gasteiger partial charge in [0.2, 0.25) is 0 Å². The Labute approximate surface area is 180 Å². The highest BCUT2D eigenvalue weighted by Gasteiger charge is 2.22. The zero-order valence-electron chi connectivity index (χ0n) is 17.0. The summed E-state index contributed by atoms with van der Waals surface area (Å²) in [7, 11) is -4.15. The van der Waals surface area contributed by atoms with E-state index in [9.17, 15) is 22.0 Å². The smallest absolute Gasteiger partial charge is 0.339 e. The van der Waals surface area contributed by atoms with E-state index in [0.717, 1.165) is 24.3 Å². The van der Waals surface area contributed by atoms with Crippen molar-refractivity contribution in [3.8, 4) is 5.75 Å². The fourth-order valence-electron chi connectivity index (χ4n) is 2.95. The highest BCUT2D eigenvalue weighted by Crippen LogP contribution is 2.22. The summed E-state index contributed by atoms with van der Waals surface area (Å²) in [6, 6.07) is 16.0. The molecule has 0 unspecified atom stereocenters. The molecule has 3 aromatic carbocycles. The summed E-state index contributed by atoms with van der Waals surface area (Å²) >= 11 is 0. The molecular weight excluding hydrogens is 424 g/mol. The monoisotopic (exact) mass is 445 g/mol. The van der Waals surface area contributed by atoms with Crippen LogP contribution in [0.15, 0.2) is 77.7 Å². The predicted octanol–water partition coefficient (Wildman–Crippen LogP) is 4.78. The third kappa shape index (κ3) is 5.46. The first-order chi connectivity index (χ1) is 14.7. The Morgan fingerprint density at radius 2 is 1.65 bits per heavy atom. The molecule has 162 valence electrons. The van der Waals surface area contributed by atoms with Gasteiger partial charge in [-0.3, -0.25) is 4.79 Å². The molecule has 0 aliphatic heterocycles. The molecule has 31 heavy (non-hydrogen) atoms. The lowest BCUT2D eigenvalue weighted by Crippen LogP contribution is -2.36. The topological polar surface area (TPSA) is 63.7 Å². The van der Waals surface area contributed by atoms with Gasteiger partial charge in [-0.1, -0.05) is 24.3 Å². The van der Waals surface area contributed by atoms with Crippen molar-refractivity contribution in [2.75, 3.05) is 0 Å². The minimum atomic E-state index is -4.15. The second kappa shape index (κ2) is 9.26. The molecule has 0 saturated carbocycles. The molecule has 5 nitrogen and oxygen atoms in total. The van der Waals surface area contributed by atoms with Crippen LogP contribution in [0.4, 0.5) is 8.78 Å². The first-order valence-electron chi connectivity index (χ1n) is 9.52. The molecular formula is C23H21F2NO4S. The molecule has 0 heterocycles. The predicted molar refractivity (Wildman–Crippen MR) is 112 cm³/mol. The second-order valence-electron chi connectivity index (χ2n) is 7.15. The van der Waals surface area contributed by atoms with E-state index >= 15 is 0 Å². The third-order valence-corrected chi connectivity index (χ3v) is 5.81. The highest BCUT2D eigenvalue weighted by molar-refractivity contribution is 7.87. The maximum Gasteiger partial charge on any atom is 0.339 e. The van der Waals surface area contributed by atoms with Crippen molar-refractivity contribution in [2.45, 2.75) is 31.3 Å². The highest BCUT2D eigenvalue weighted by atomic mass is 32.2. The van der Waals surface area contributed by atoms with Crippen LogP contribution >= 0.6 is 0 Å². The van der Waals surface area contributed by atoms with E-state index in [1.807, 2.05) is 0 Å². The minimum absolute atomic E-state index is 0.0394. The maximum atomic E-state index is 14.1. The average Bonchev–Trinajstić information content (AvgIpc) is 2.72. The Morgan fingerprint density at radius 3 is 2.29 bits per heavy atom. The molecule has 0 radical (unpaired) electrons. The lowest BCUT2D eigenvalue weighted by atomic mass is 10.1. The number of halogens is 2. The fourth-order valence-corrected chi connectivity index (χ4v) is 3.87. The van der Waals surface area contributed by atoms with E-state index in [2.05, 4.69) is 0 Å². The summed E-state index contributed by atoms with van der Waals surface area (Å²) in [5.41, 5.74) is 0.563. The summed E-state index contributed by atoms with van der Waals surface area (Å²) in [5, 5.41) is 0. The lowest BCUT2D eigenvalue weighted by molar-refractivity contribution is 0.0685. The Bertz CT molecular complexity index is 1180. The van der Waals surface area contributed by atoms with Gasteiger partial charge in [0.05, 0.1) is 5.56 Å². The number of hydrogen-bond acceptors (Lipinski definition) is 4. The van der Waals surface area contributed by atoms with Gasteiger partial charge in [-0.25, -0.2) is 8.78 Å². The van der Waals surface area contributed by atoms with Crippen molar-refractivity contribution in [3.63, 3.8) is 0 Å². The molecule has 3 aromatic rings. The lowest BCUT2D eigenvalue weighted by Gasteiger charge is -2.27. The third-order valence-electron chi connectivity index (χ3n) is 4.55. The minimum Gasteiger partial charge on any atom is -0.379 e. The van der Waals surface area contributed by atoms with Gasteiger partial charge in [0.25, 0.3) is 5.91 Å². The van der Waals surface area contributed by atoms with Crippen molar-refractivity contribution >= 4 is 16.0 Å². The average molecular weight is 445 g/mol. The van der Waals surface area contributed by atoms with Crippen molar-refractivity contribution in [1.29, 1.82) is 0 Å². The summed E-state index contributed by atoms with van der Waals surface area (Å²) < 4.78 is 57.2. The SMILES string of the molecule is CC(C)N(Cc1cccc(OS(=O)(=O)c2ccc(F)cc2)c1)C(=O)c1ccccc1F. The van der Waals surface area contributed by atoms with Crippen LogP contribution in [0.1, 0.15) is 29.8 Å². The molecule has 8 heteroatoms. The van der Waals surface area contributed by atoms with Crippen LogP contribution in [0, 0.1) is 11.6 Å². The molecule has 0 spiro atoms. The van der Waals surface area contributed by atoms with Crippen molar-refractivity contribution in [3.05, 3.63) is 95.6 Å². The van der Waals surface area contributed by atoms with Gasteiger partial charge < -0.3 is 9.08 Å². The van der Waals surface area contributed by atoms with Gasteiger partial charge in [-0.2, -0.15) is 8.42 Å². The number of amides is 1. The molecule has 0 aromatic heterocycles. The van der Waals surface area contributed by atoms with Gasteiger partial charge in [0.15, 0.2) is 0 Å². The van der Waals surface area contributed by atoms with Gasteiger partial charge in [0.1, 0.15) is 22.3 Å². The maximum absolute atomic E-state index is 14.1. The van der Waals surface area contributed by atoms with Crippen LogP contribution < -0.4 is 4.18 Å². The Balaban J connectivity index is 1.82. The van der Waals surface area contributed by atoms with Crippen LogP contribution in [-0.4, -0.2) is 25.3 Å². The molecule has 1 amide bonds. The van der Waals surface area contributed by atoms with Crippen LogP contribution in [0.25, 0.3) is 0 Å². The largest absolute Gasteiger partial charge is 0.379 e. The first kappa shape index (κ1) is 22.4. The van der Waals surface area contributed by atoms with E-state index in [4.69, 9.17) is 4.18 Å². The van der Waals surface area contributed by atoms with Gasteiger partial charge in [-0.05, 0) is 67.9 Å². The first-order valence-corrected chi connectivity index (χ1v) is 10.9. The summed E-state index contributed by atoms with van der Waals surface area (Å²) in [4.78, 5) is 14.2. The Hall–Kier alpha value is -3.26. The number of hydrogen-bond donors (Lipinski definition) is 0. The Morgan fingerprint density at radius 1 is 0.968 bits per heavy atom. The number of nitrogens with zero attached hydrogens (tertiary/aromatic N) is 1. The van der Waals surface area contributed by atoms with Crippen LogP contribution in [0.3, 0.4) is 0 Å². The standard InChI is InChI=1S/C23H21F2NO4S/c1-16(2)26(23(27)21-8-3-4-9-22(21)25)15-17-6-5-7-19(14-17)30-31(28,29)20-12-10-18(24)11-13-20/h3-14,16H,15H2,1-2H3. The zero-order chi connectivity index (χ0) is 22.6. The quantitative estimate of drug-likeness (QED) is 0.491. The van der Waals surface area contributed by atoms with Crippen LogP contribution in [0.5, 0.6) is 5.75 Å². The van der Waals surface area contributed by atoms with Crippen molar-refractivity contribution in [1.82, 2.24) is 4.90 Å². The molecule has 0 bridgehead atoms. The van der Waals surface area contributed by atoms with Gasteiger partial charge in [-0.15, -0.1) is 0 Å². The van der Waals surface area contributed by atoms with E-state index in [1.165, 1.54) is 35.2 Å². The number of carbonyl (C=O) groups excluding carboxylic acids is 1. The van der Waals surface area contributed by atoms with Crippen LogP contribution in [0.2, 0.25) is 0 Å². The molecule has 0 N–H and O–H groups in total. The number of carbonyl (C=O) groups is 1. The molecule has 0 aliphatic rings. The van der Waals surface area contributed by atoms with E-state index in [-0.39, 0.29) is 28.8 Å². The van der Waals surface area contributed by atoms with E-state index < -0.39 is 27.7 Å². The molecule has 0 aliphatic carbocycles. The van der Waals surface area contributed by atoms with Crippen LogP contribution in [-0.2, 0) is 16.7 Å². The van der Waals surface area contributed by atoms with Gasteiger partial charge in [0, 0.05) is 12.6 Å². The van der Waals surface area contributed by atoms with Gasteiger partial charge >= 0.3 is 10.1 Å².